The molecule has 0 rings (SSSR count). The zero-order chi connectivity index (χ0) is 7.28. The van der Waals surface area contributed by atoms with Gasteiger partial charge in [-0.1, -0.05) is 13.8 Å². The van der Waals surface area contributed by atoms with Crippen LogP contribution in [0.4, 0.5) is 0 Å². The van der Waals surface area contributed by atoms with E-state index in [1.807, 2.05) is 13.8 Å². The monoisotopic (exact) mass is 130 g/mol. The van der Waals surface area contributed by atoms with Gasteiger partial charge in [-0.25, -0.2) is 5.43 Å². The van der Waals surface area contributed by atoms with E-state index < -0.39 is 0 Å². The quantitative estimate of drug-likeness (QED) is 0.440. The number of nitrogens with one attached hydrogen (secondary N) is 1. The molecule has 0 aromatic rings. The van der Waals surface area contributed by atoms with Gasteiger partial charge in [0, 0.05) is 14.6 Å². The molecule has 0 fully saturated rings. The van der Waals surface area contributed by atoms with Gasteiger partial charge in [0.2, 0.25) is 5.91 Å². The lowest BCUT2D eigenvalue weighted by Crippen LogP contribution is -2.12. The van der Waals surface area contributed by atoms with E-state index >= 15 is 0 Å². The number of carbonyl (C=O) groups excluding carboxylic acids is 1. The summed E-state index contributed by atoms with van der Waals surface area (Å²) < 4.78 is 0. The molecule has 0 aliphatic heterocycles. The van der Waals surface area contributed by atoms with E-state index in [1.54, 1.807) is 6.21 Å². The summed E-state index contributed by atoms with van der Waals surface area (Å²) in [6.07, 6.45) is 1.68. The fourth-order valence-corrected chi connectivity index (χ4v) is 0.277. The second-order valence-electron chi connectivity index (χ2n) is 2.19. The van der Waals surface area contributed by atoms with Crippen molar-refractivity contribution in [2.24, 2.45) is 11.0 Å². The van der Waals surface area contributed by atoms with E-state index in [-0.39, 0.29) is 7.33 Å². The summed E-state index contributed by atoms with van der Waals surface area (Å²) in [5.41, 5.74) is 2.31. The first-order valence-corrected chi connectivity index (χ1v) is 2.92. The molecule has 0 saturated carbocycles. The van der Waals surface area contributed by atoms with Gasteiger partial charge in [-0.3, -0.25) is 4.79 Å². The first-order chi connectivity index (χ1) is 4.13. The first-order valence-electron chi connectivity index (χ1n) is 2.92. The van der Waals surface area contributed by atoms with Gasteiger partial charge in [0.15, 0.2) is 0 Å². The van der Waals surface area contributed by atoms with Gasteiger partial charge in [-0.05, 0) is 5.92 Å². The SMILES string of the molecule is CC(=O)N/N=C/C(C)C.[HH]. The maximum absolute atomic E-state index is 10.2. The highest BCUT2D eigenvalue weighted by atomic mass is 16.2. The van der Waals surface area contributed by atoms with Gasteiger partial charge in [0.05, 0.1) is 0 Å². The number of hydrogen-bond donors (Lipinski definition) is 1. The van der Waals surface area contributed by atoms with Crippen LogP contribution in [0.2, 0.25) is 0 Å². The molecule has 0 aliphatic carbocycles. The van der Waals surface area contributed by atoms with Gasteiger partial charge >= 0.3 is 0 Å². The van der Waals surface area contributed by atoms with Gasteiger partial charge in [-0.2, -0.15) is 5.10 Å². The molecule has 1 N–H and O–H groups in total. The van der Waals surface area contributed by atoms with Crippen molar-refractivity contribution >= 4 is 12.1 Å². The molecule has 0 unspecified atom stereocenters. The molecule has 3 nitrogen and oxygen atoms in total. The largest absolute Gasteiger partial charge is 0.274 e. The van der Waals surface area contributed by atoms with Gasteiger partial charge < -0.3 is 0 Å². The third-order valence-corrected chi connectivity index (χ3v) is 0.595. The van der Waals surface area contributed by atoms with Crippen molar-refractivity contribution < 1.29 is 6.22 Å². The van der Waals surface area contributed by atoms with Crippen LogP contribution in [0, 0.1) is 5.92 Å². The molecule has 1 amide bonds. The Bertz CT molecular complexity index is 123. The summed E-state index contributed by atoms with van der Waals surface area (Å²) in [7, 11) is 0. The minimum atomic E-state index is -0.132. The molecule has 0 atom stereocenters. The molecule has 0 spiro atoms. The number of amides is 1. The van der Waals surface area contributed by atoms with Crippen molar-refractivity contribution in [2.75, 3.05) is 0 Å². The van der Waals surface area contributed by atoms with Crippen LogP contribution in [0.3, 0.4) is 0 Å². The molecular formula is C6H14N2O. The third kappa shape index (κ3) is 7.14. The van der Waals surface area contributed by atoms with Crippen molar-refractivity contribution in [1.82, 2.24) is 5.43 Å². The van der Waals surface area contributed by atoms with Crippen LogP contribution in [0.25, 0.3) is 0 Å². The molecular weight excluding hydrogens is 116 g/mol. The Balaban J connectivity index is 0. The Morgan fingerprint density at radius 1 is 1.78 bits per heavy atom. The number of carbonyl (C=O) groups is 1. The van der Waals surface area contributed by atoms with E-state index in [4.69, 9.17) is 0 Å². The number of rotatable bonds is 2. The Hall–Kier alpha value is -0.860. The Kier molecular flexibility index (Phi) is 3.67. The molecule has 0 heterocycles. The van der Waals surface area contributed by atoms with Crippen LogP contribution in [0.1, 0.15) is 22.2 Å². The predicted molar refractivity (Wildman–Crippen MR) is 39.3 cm³/mol. The van der Waals surface area contributed by atoms with Crippen LogP contribution >= 0.6 is 0 Å². The molecule has 9 heavy (non-hydrogen) atoms. The standard InChI is InChI=1S/C6H12N2O.H2/c1-5(2)4-7-8-6(3)9;/h4-5H,1-3H3,(H,8,9);1H/b7-4+;. The highest BCUT2D eigenvalue weighted by Gasteiger charge is 1.85. The minimum absolute atomic E-state index is 0. The smallest absolute Gasteiger partial charge is 0.236 e. The van der Waals surface area contributed by atoms with Gasteiger partial charge in [-0.15, -0.1) is 0 Å². The van der Waals surface area contributed by atoms with Crippen molar-refractivity contribution in [1.29, 1.82) is 0 Å². The highest BCUT2D eigenvalue weighted by molar-refractivity contribution is 5.74. The first kappa shape index (κ1) is 8.14. The maximum Gasteiger partial charge on any atom is 0.236 e. The van der Waals surface area contributed by atoms with Crippen molar-refractivity contribution in [3.63, 3.8) is 0 Å². The summed E-state index contributed by atoms with van der Waals surface area (Å²) in [6.45, 7) is 5.41. The molecule has 54 valence electrons. The van der Waals surface area contributed by atoms with Crippen LogP contribution in [0.15, 0.2) is 5.10 Å². The Morgan fingerprint density at radius 3 is 2.67 bits per heavy atom. The zero-order valence-corrected chi connectivity index (χ0v) is 6.01. The second-order valence-corrected chi connectivity index (χ2v) is 2.19. The Labute approximate surface area is 56.6 Å². The van der Waals surface area contributed by atoms with Crippen LogP contribution in [0.5, 0.6) is 0 Å². The highest BCUT2D eigenvalue weighted by Crippen LogP contribution is 1.82. The predicted octanol–water partition coefficient (Wildman–Crippen LogP) is 1.01. The fourth-order valence-electron chi connectivity index (χ4n) is 0.277. The van der Waals surface area contributed by atoms with E-state index in [0.29, 0.717) is 5.92 Å². The van der Waals surface area contributed by atoms with Crippen molar-refractivity contribution in [2.45, 2.75) is 20.8 Å². The Morgan fingerprint density at radius 2 is 2.33 bits per heavy atom. The van der Waals surface area contributed by atoms with E-state index in [0.717, 1.165) is 0 Å². The molecule has 0 radical (unpaired) electrons. The van der Waals surface area contributed by atoms with E-state index in [2.05, 4.69) is 10.5 Å². The second kappa shape index (κ2) is 4.06. The van der Waals surface area contributed by atoms with Crippen molar-refractivity contribution in [3.8, 4) is 0 Å². The zero-order valence-electron chi connectivity index (χ0n) is 6.01. The lowest BCUT2D eigenvalue weighted by Gasteiger charge is -1.92. The molecule has 0 saturated heterocycles. The average molecular weight is 130 g/mol. The molecule has 0 bridgehead atoms. The summed E-state index contributed by atoms with van der Waals surface area (Å²) in [6, 6.07) is 0. The summed E-state index contributed by atoms with van der Waals surface area (Å²) in [4.78, 5) is 10.2. The van der Waals surface area contributed by atoms with Gasteiger partial charge in [0.25, 0.3) is 0 Å². The number of hydrogen-bond acceptors (Lipinski definition) is 2. The molecule has 0 aliphatic rings. The van der Waals surface area contributed by atoms with Crippen LogP contribution < -0.4 is 5.43 Å². The third-order valence-electron chi connectivity index (χ3n) is 0.595. The van der Waals surface area contributed by atoms with Crippen LogP contribution in [-0.2, 0) is 4.79 Å². The lowest BCUT2D eigenvalue weighted by atomic mass is 10.3. The molecule has 0 aromatic heterocycles. The fraction of sp³-hybridized carbons (Fsp3) is 0.667. The molecule has 0 aromatic carbocycles. The summed E-state index contributed by atoms with van der Waals surface area (Å²) in [5.74, 6) is 0.253. The van der Waals surface area contributed by atoms with Gasteiger partial charge in [0.1, 0.15) is 0 Å². The summed E-state index contributed by atoms with van der Waals surface area (Å²) >= 11 is 0. The van der Waals surface area contributed by atoms with E-state index in [1.165, 1.54) is 6.92 Å². The average Bonchev–Trinajstić information content (AvgIpc) is 1.63. The normalized spacial score (nSPS) is 10.7. The lowest BCUT2D eigenvalue weighted by molar-refractivity contribution is -0.118. The van der Waals surface area contributed by atoms with Crippen molar-refractivity contribution in [3.05, 3.63) is 0 Å². The van der Waals surface area contributed by atoms with Crippen LogP contribution in [-0.4, -0.2) is 12.1 Å². The minimum Gasteiger partial charge on any atom is -0.274 e. The van der Waals surface area contributed by atoms with E-state index in [9.17, 15) is 4.79 Å². The summed E-state index contributed by atoms with van der Waals surface area (Å²) in [5, 5.41) is 3.65. The number of nitrogens with zero attached hydrogens (tertiary/aromatic N) is 1. The maximum atomic E-state index is 10.2. The molecule has 3 heteroatoms. The topological polar surface area (TPSA) is 41.5 Å². The number of hydrazone groups is 1.